The number of unbranched alkanes of at least 4 members (excludes halogenated alkanes) is 7. The van der Waals surface area contributed by atoms with Gasteiger partial charge in [-0.05, 0) is 71.5 Å². The molecule has 2 aliphatic heterocycles. The van der Waals surface area contributed by atoms with Gasteiger partial charge >= 0.3 is 52.1 Å². The van der Waals surface area contributed by atoms with Crippen LogP contribution in [-0.4, -0.2) is 92.1 Å². The second-order valence-corrected chi connectivity index (χ2v) is 40.6. The van der Waals surface area contributed by atoms with Crippen molar-refractivity contribution in [2.75, 3.05) is 0 Å². The Hall–Kier alpha value is 1.77. The van der Waals surface area contributed by atoms with Crippen molar-refractivity contribution in [1.29, 1.82) is 0 Å². The van der Waals surface area contributed by atoms with Crippen LogP contribution in [0.5, 0.6) is 0 Å². The first-order valence-electron chi connectivity index (χ1n) is 14.9. The second kappa shape index (κ2) is 19.3. The van der Waals surface area contributed by atoms with Crippen LogP contribution in [0.15, 0.2) is 0 Å². The van der Waals surface area contributed by atoms with E-state index in [0.717, 1.165) is 6.04 Å². The number of hydrogen-bond donors (Lipinski definition) is 0. The lowest BCUT2D eigenvalue weighted by molar-refractivity contribution is 0.239. The van der Waals surface area contributed by atoms with Crippen LogP contribution in [0.4, 0.5) is 0 Å². The van der Waals surface area contributed by atoms with Crippen LogP contribution < -0.4 is 0 Å². The molecule has 0 aromatic carbocycles. The van der Waals surface area contributed by atoms with Gasteiger partial charge in [-0.15, -0.1) is 0 Å². The molecule has 2 heterocycles. The van der Waals surface area contributed by atoms with E-state index in [-0.39, 0.29) is 0 Å². The van der Waals surface area contributed by atoms with Gasteiger partial charge in [0.15, 0.2) is 0 Å². The molecule has 2 saturated heterocycles. The lowest BCUT2D eigenvalue weighted by Gasteiger charge is -2.46. The molecule has 0 aromatic rings. The Bertz CT molecular complexity index is 579. The summed E-state index contributed by atoms with van der Waals surface area (Å²) < 4.78 is 59.5. The summed E-state index contributed by atoms with van der Waals surface area (Å²) in [6, 6.07) is 1.13. The average Bonchev–Trinajstić information content (AvgIpc) is 2.75. The van der Waals surface area contributed by atoms with E-state index in [0.29, 0.717) is 0 Å². The third kappa shape index (κ3) is 20.7. The SMILES string of the molecule is CCCCCCCCCC[SiH]1O[SiH2]O[SiH2]O[SiH2]O[SiH2]O1.C[Si]1(C)O[Si](C)(C)O[Si](C)(C)O[Si](C)(C)O[Si](C)(C)O1. The molecule has 0 spiro atoms. The number of rotatable bonds is 9. The number of hydrogen-bond acceptors (Lipinski definition) is 10. The highest BCUT2D eigenvalue weighted by molar-refractivity contribution is 6.92. The van der Waals surface area contributed by atoms with Crippen molar-refractivity contribution in [2.24, 2.45) is 0 Å². The summed E-state index contributed by atoms with van der Waals surface area (Å²) in [4.78, 5) is 0. The van der Waals surface area contributed by atoms with E-state index < -0.39 is 92.1 Å². The predicted octanol–water partition coefficient (Wildman–Crippen LogP) is 3.03. The van der Waals surface area contributed by atoms with E-state index in [1.807, 2.05) is 0 Å². The van der Waals surface area contributed by atoms with Crippen molar-refractivity contribution in [3.8, 4) is 0 Å². The van der Waals surface area contributed by atoms with E-state index in [1.54, 1.807) is 0 Å². The van der Waals surface area contributed by atoms with Gasteiger partial charge < -0.3 is 41.2 Å². The molecule has 0 aromatic heterocycles. The molecule has 0 radical (unpaired) electrons. The standard InChI is InChI=1S/2C10H30O5Si5/c1-16(2)11-17(3,4)13-19(7,8)15-20(9,10)14-18(5,6)12-16;1-2-3-4-5-6-7-8-9-10-20-14-18-12-16-11-17-13-19-15-20/h1-10H3;20H,2-10,16-19H2,1H3. The quantitative estimate of drug-likeness (QED) is 0.260. The first-order valence-corrected chi connectivity index (χ1v) is 35.4. The van der Waals surface area contributed by atoms with E-state index in [2.05, 4.69) is 72.4 Å². The monoisotopic (exact) mass is 740 g/mol. The Morgan fingerprint density at radius 2 is 0.725 bits per heavy atom. The van der Waals surface area contributed by atoms with Crippen molar-refractivity contribution >= 4 is 92.1 Å². The molecule has 2 rings (SSSR count). The molecule has 40 heavy (non-hydrogen) atoms. The summed E-state index contributed by atoms with van der Waals surface area (Å²) in [6.45, 7) is 23.0. The zero-order valence-electron chi connectivity index (χ0n) is 27.4. The minimum Gasteiger partial charge on any atom is -0.425 e. The molecule has 10 nitrogen and oxygen atoms in total. The lowest BCUT2D eigenvalue weighted by Crippen LogP contribution is -2.64. The fourth-order valence-electron chi connectivity index (χ4n) is 5.19. The van der Waals surface area contributed by atoms with E-state index >= 15 is 0 Å². The molecule has 0 amide bonds. The summed E-state index contributed by atoms with van der Waals surface area (Å²) >= 11 is 0. The molecule has 20 heteroatoms. The topological polar surface area (TPSA) is 92.3 Å². The van der Waals surface area contributed by atoms with Crippen molar-refractivity contribution in [3.63, 3.8) is 0 Å². The van der Waals surface area contributed by atoms with Crippen molar-refractivity contribution in [1.82, 2.24) is 0 Å². The molecule has 240 valence electrons. The Labute approximate surface area is 261 Å². The van der Waals surface area contributed by atoms with Crippen LogP contribution >= 0.6 is 0 Å². The van der Waals surface area contributed by atoms with Crippen LogP contribution in [0.3, 0.4) is 0 Å². The van der Waals surface area contributed by atoms with Gasteiger partial charge in [0.1, 0.15) is 0 Å². The molecular formula is C20H60O10Si10. The van der Waals surface area contributed by atoms with Gasteiger partial charge in [0.05, 0.1) is 0 Å². The van der Waals surface area contributed by atoms with Crippen LogP contribution in [-0.2, 0) is 41.2 Å². The van der Waals surface area contributed by atoms with Gasteiger partial charge in [-0.1, -0.05) is 58.3 Å². The highest BCUT2D eigenvalue weighted by Crippen LogP contribution is 2.30. The van der Waals surface area contributed by atoms with Crippen LogP contribution in [0.25, 0.3) is 0 Å². The predicted molar refractivity (Wildman–Crippen MR) is 187 cm³/mol. The molecule has 0 bridgehead atoms. The Kier molecular flexibility index (Phi) is 19.2. The summed E-state index contributed by atoms with van der Waals surface area (Å²) in [5.41, 5.74) is 0. The maximum Gasteiger partial charge on any atom is 0.314 e. The highest BCUT2D eigenvalue weighted by Gasteiger charge is 2.50. The lowest BCUT2D eigenvalue weighted by atomic mass is 10.1. The van der Waals surface area contributed by atoms with Crippen molar-refractivity contribution < 1.29 is 41.2 Å². The van der Waals surface area contributed by atoms with Crippen LogP contribution in [0, 0.1) is 0 Å². The Balaban J connectivity index is 0.000000400. The molecule has 2 aliphatic rings. The smallest absolute Gasteiger partial charge is 0.314 e. The average molecular weight is 742 g/mol. The molecule has 2 fully saturated rings. The molecule has 0 N–H and O–H groups in total. The third-order valence-electron chi connectivity index (χ3n) is 5.76. The van der Waals surface area contributed by atoms with E-state index in [9.17, 15) is 0 Å². The van der Waals surface area contributed by atoms with Gasteiger partial charge in [0.2, 0.25) is 0 Å². The van der Waals surface area contributed by atoms with Gasteiger partial charge in [0, 0.05) is 0 Å². The van der Waals surface area contributed by atoms with Crippen LogP contribution in [0.2, 0.25) is 71.5 Å². The van der Waals surface area contributed by atoms with Crippen molar-refractivity contribution in [3.05, 3.63) is 0 Å². The molecule has 0 aliphatic carbocycles. The minimum atomic E-state index is -2.26. The van der Waals surface area contributed by atoms with Crippen LogP contribution in [0.1, 0.15) is 58.3 Å². The summed E-state index contributed by atoms with van der Waals surface area (Å²) in [5, 5.41) is 0. The fraction of sp³-hybridized carbons (Fsp3) is 1.00. The zero-order valence-corrected chi connectivity index (χ0v) is 39.2. The minimum absolute atomic E-state index is 0.784. The van der Waals surface area contributed by atoms with Gasteiger partial charge in [-0.2, -0.15) is 0 Å². The van der Waals surface area contributed by atoms with Gasteiger partial charge in [-0.25, -0.2) is 0 Å². The maximum atomic E-state index is 6.30. The molecule has 0 unspecified atom stereocenters. The fourth-order valence-corrected chi connectivity index (χ4v) is 42.4. The van der Waals surface area contributed by atoms with E-state index in [4.69, 9.17) is 41.2 Å². The third-order valence-corrected chi connectivity index (χ3v) is 34.4. The first kappa shape index (κ1) is 39.8. The summed E-state index contributed by atoms with van der Waals surface area (Å²) in [7, 11) is -16.0. The van der Waals surface area contributed by atoms with E-state index in [1.165, 1.54) is 51.4 Å². The van der Waals surface area contributed by atoms with Gasteiger partial charge in [0.25, 0.3) is 40.0 Å². The first-order chi connectivity index (χ1) is 18.5. The molecular weight excluding hydrogens is 681 g/mol. The van der Waals surface area contributed by atoms with Gasteiger partial charge in [-0.3, -0.25) is 0 Å². The summed E-state index contributed by atoms with van der Waals surface area (Å²) in [6.07, 6.45) is 10.8. The zero-order chi connectivity index (χ0) is 30.3. The maximum absolute atomic E-state index is 6.30. The largest absolute Gasteiger partial charge is 0.425 e. The highest BCUT2D eigenvalue weighted by atomic mass is 28.5. The Morgan fingerprint density at radius 1 is 0.425 bits per heavy atom. The summed E-state index contributed by atoms with van der Waals surface area (Å²) in [5.74, 6) is 0. The molecule has 0 atom stereocenters. The second-order valence-electron chi connectivity index (χ2n) is 12.6. The van der Waals surface area contributed by atoms with Crippen molar-refractivity contribution in [2.45, 2.75) is 130 Å². The Morgan fingerprint density at radius 3 is 1.07 bits per heavy atom. The normalized spacial score (nSPS) is 29.0. The molecule has 0 saturated carbocycles.